The lowest BCUT2D eigenvalue weighted by atomic mass is 10.1. The summed E-state index contributed by atoms with van der Waals surface area (Å²) >= 11 is 7.45. The lowest BCUT2D eigenvalue weighted by Gasteiger charge is -2.07. The van der Waals surface area contributed by atoms with Gasteiger partial charge in [-0.3, -0.25) is 0 Å². The van der Waals surface area contributed by atoms with Crippen molar-refractivity contribution in [3.8, 4) is 22.6 Å². The zero-order valence-electron chi connectivity index (χ0n) is 15.3. The largest absolute Gasteiger partial charge is 0.305 e. The average Bonchev–Trinajstić information content (AvgIpc) is 3.37. The average molecular weight is 420 g/mol. The molecule has 29 heavy (non-hydrogen) atoms. The van der Waals surface area contributed by atoms with Crippen molar-refractivity contribution < 1.29 is 0 Å². The number of nitrogens with zero attached hydrogens (tertiary/aromatic N) is 7. The van der Waals surface area contributed by atoms with E-state index < -0.39 is 0 Å². The minimum Gasteiger partial charge on any atom is -0.305 e. The fraction of sp³-hybridized carbons (Fsp3) is 0.0500. The Morgan fingerprint density at radius 3 is 2.52 bits per heavy atom. The van der Waals surface area contributed by atoms with Gasteiger partial charge < -0.3 is 4.57 Å². The van der Waals surface area contributed by atoms with Crippen LogP contribution in [0.2, 0.25) is 5.02 Å². The van der Waals surface area contributed by atoms with Crippen LogP contribution in [0, 0.1) is 0 Å². The first-order valence-electron chi connectivity index (χ1n) is 8.78. The summed E-state index contributed by atoms with van der Waals surface area (Å²) in [5.74, 6) is 1.30. The molecule has 0 bridgehead atoms. The Morgan fingerprint density at radius 2 is 1.72 bits per heavy atom. The fourth-order valence-corrected chi connectivity index (χ4v) is 3.97. The molecule has 0 fully saturated rings. The van der Waals surface area contributed by atoms with E-state index in [1.54, 1.807) is 4.52 Å². The molecule has 0 aliphatic rings. The second-order valence-corrected chi connectivity index (χ2v) is 7.72. The number of rotatable bonds is 4. The highest BCUT2D eigenvalue weighted by Gasteiger charge is 2.16. The Kier molecular flexibility index (Phi) is 4.49. The van der Waals surface area contributed by atoms with E-state index in [4.69, 9.17) is 11.6 Å². The predicted molar refractivity (Wildman–Crippen MR) is 112 cm³/mol. The highest BCUT2D eigenvalue weighted by Crippen LogP contribution is 2.31. The second-order valence-electron chi connectivity index (χ2n) is 6.29. The van der Waals surface area contributed by atoms with Gasteiger partial charge in [-0.15, -0.1) is 10.2 Å². The Morgan fingerprint density at radius 1 is 0.931 bits per heavy atom. The maximum Gasteiger partial charge on any atom is 0.253 e. The van der Waals surface area contributed by atoms with Crippen molar-refractivity contribution in [3.05, 3.63) is 72.0 Å². The molecule has 142 valence electrons. The maximum atomic E-state index is 5.99. The highest BCUT2D eigenvalue weighted by atomic mass is 35.5. The van der Waals surface area contributed by atoms with Crippen molar-refractivity contribution in [2.45, 2.75) is 10.2 Å². The quantitative estimate of drug-likeness (QED) is 0.402. The van der Waals surface area contributed by atoms with E-state index in [1.165, 1.54) is 18.1 Å². The van der Waals surface area contributed by atoms with Crippen LogP contribution in [0.4, 0.5) is 0 Å². The molecule has 5 rings (SSSR count). The van der Waals surface area contributed by atoms with Gasteiger partial charge in [0.2, 0.25) is 0 Å². The van der Waals surface area contributed by atoms with Gasteiger partial charge in [0, 0.05) is 23.2 Å². The highest BCUT2D eigenvalue weighted by molar-refractivity contribution is 7.99. The van der Waals surface area contributed by atoms with Crippen LogP contribution in [-0.2, 0) is 7.05 Å². The molecule has 0 aliphatic carbocycles. The van der Waals surface area contributed by atoms with E-state index in [9.17, 15) is 0 Å². The fourth-order valence-electron chi connectivity index (χ4n) is 2.96. The summed E-state index contributed by atoms with van der Waals surface area (Å²) in [5.41, 5.74) is 2.79. The van der Waals surface area contributed by atoms with Gasteiger partial charge in [-0.25, -0.2) is 4.98 Å². The summed E-state index contributed by atoms with van der Waals surface area (Å²) in [6.45, 7) is 0. The normalized spacial score (nSPS) is 11.2. The SMILES string of the molecule is Cn1c(Sc2cc(-c3ccccc3)nc3ncnn23)nnc1-c1ccc(Cl)cc1. The van der Waals surface area contributed by atoms with Gasteiger partial charge in [0.25, 0.3) is 5.78 Å². The minimum absolute atomic E-state index is 0.536. The first-order valence-corrected chi connectivity index (χ1v) is 9.98. The zero-order valence-corrected chi connectivity index (χ0v) is 16.8. The molecule has 0 aliphatic heterocycles. The topological polar surface area (TPSA) is 73.8 Å². The van der Waals surface area contributed by atoms with Crippen LogP contribution in [-0.4, -0.2) is 34.3 Å². The molecule has 2 aromatic carbocycles. The van der Waals surface area contributed by atoms with Crippen LogP contribution < -0.4 is 0 Å². The summed E-state index contributed by atoms with van der Waals surface area (Å²) in [5, 5.41) is 15.3. The molecular weight excluding hydrogens is 406 g/mol. The second kappa shape index (κ2) is 7.31. The number of aromatic nitrogens is 7. The minimum atomic E-state index is 0.536. The van der Waals surface area contributed by atoms with Gasteiger partial charge >= 0.3 is 0 Å². The first kappa shape index (κ1) is 17.8. The molecule has 0 amide bonds. The molecule has 0 saturated heterocycles. The maximum absolute atomic E-state index is 5.99. The summed E-state index contributed by atoms with van der Waals surface area (Å²) in [4.78, 5) is 8.87. The van der Waals surface area contributed by atoms with Crippen LogP contribution in [0.5, 0.6) is 0 Å². The molecule has 9 heteroatoms. The van der Waals surface area contributed by atoms with Crippen molar-refractivity contribution in [2.75, 3.05) is 0 Å². The number of benzene rings is 2. The molecule has 3 aromatic heterocycles. The van der Waals surface area contributed by atoms with Crippen LogP contribution in [0.15, 0.2) is 77.2 Å². The van der Waals surface area contributed by atoms with Crippen molar-refractivity contribution >= 4 is 29.1 Å². The van der Waals surface area contributed by atoms with Crippen LogP contribution in [0.1, 0.15) is 0 Å². The molecule has 0 spiro atoms. The summed E-state index contributed by atoms with van der Waals surface area (Å²) in [6, 6.07) is 19.5. The molecule has 0 N–H and O–H groups in total. The lowest BCUT2D eigenvalue weighted by molar-refractivity contribution is 0.783. The Bertz CT molecular complexity index is 1300. The van der Waals surface area contributed by atoms with Crippen molar-refractivity contribution in [3.63, 3.8) is 0 Å². The predicted octanol–water partition coefficient (Wildman–Crippen LogP) is 4.39. The third-order valence-corrected chi connectivity index (χ3v) is 5.71. The van der Waals surface area contributed by atoms with Crippen molar-refractivity contribution in [2.24, 2.45) is 7.05 Å². The summed E-state index contributed by atoms with van der Waals surface area (Å²) < 4.78 is 3.65. The first-order chi connectivity index (χ1) is 14.2. The number of hydrogen-bond acceptors (Lipinski definition) is 6. The van der Waals surface area contributed by atoms with Crippen LogP contribution >= 0.6 is 23.4 Å². The molecule has 7 nitrogen and oxygen atoms in total. The summed E-state index contributed by atoms with van der Waals surface area (Å²) in [7, 11) is 1.93. The Balaban J connectivity index is 1.56. The molecule has 5 aromatic rings. The smallest absolute Gasteiger partial charge is 0.253 e. The van der Waals surface area contributed by atoms with Gasteiger partial charge in [-0.05, 0) is 42.1 Å². The van der Waals surface area contributed by atoms with Crippen molar-refractivity contribution in [1.29, 1.82) is 0 Å². The molecule has 0 saturated carbocycles. The van der Waals surface area contributed by atoms with Gasteiger partial charge in [0.05, 0.1) is 5.69 Å². The van der Waals surface area contributed by atoms with E-state index >= 15 is 0 Å². The molecule has 3 heterocycles. The van der Waals surface area contributed by atoms with E-state index in [2.05, 4.69) is 25.3 Å². The Hall–Kier alpha value is -3.23. The van der Waals surface area contributed by atoms with E-state index in [-0.39, 0.29) is 0 Å². The van der Waals surface area contributed by atoms with Gasteiger partial charge in [-0.2, -0.15) is 14.6 Å². The molecule has 0 unspecified atom stereocenters. The van der Waals surface area contributed by atoms with Crippen LogP contribution in [0.3, 0.4) is 0 Å². The standard InChI is InChI=1S/C20H14ClN7S/c1-27-18(14-7-9-15(21)10-8-14)25-26-20(27)29-17-11-16(13-5-3-2-4-6-13)24-19-22-12-23-28(17)19/h2-12H,1H3. The monoisotopic (exact) mass is 419 g/mol. The van der Waals surface area contributed by atoms with Crippen molar-refractivity contribution in [1.82, 2.24) is 34.3 Å². The molecule has 0 atom stereocenters. The lowest BCUT2D eigenvalue weighted by Crippen LogP contribution is -2.00. The van der Waals surface area contributed by atoms with E-state index in [0.717, 1.165) is 32.8 Å². The van der Waals surface area contributed by atoms with Gasteiger partial charge in [0.15, 0.2) is 11.0 Å². The molecule has 0 radical (unpaired) electrons. The Labute approximate surface area is 175 Å². The molecular formula is C20H14ClN7S. The third kappa shape index (κ3) is 3.37. The van der Waals surface area contributed by atoms with E-state index in [0.29, 0.717) is 10.8 Å². The third-order valence-electron chi connectivity index (χ3n) is 4.42. The number of fused-ring (bicyclic) bond motifs is 1. The number of halogens is 1. The van der Waals surface area contributed by atoms with Crippen LogP contribution in [0.25, 0.3) is 28.4 Å². The summed E-state index contributed by atoms with van der Waals surface area (Å²) in [6.07, 6.45) is 1.50. The number of hydrogen-bond donors (Lipinski definition) is 0. The van der Waals surface area contributed by atoms with Gasteiger partial charge in [-0.1, -0.05) is 41.9 Å². The van der Waals surface area contributed by atoms with Gasteiger partial charge in [0.1, 0.15) is 11.4 Å². The zero-order chi connectivity index (χ0) is 19.8. The van der Waals surface area contributed by atoms with E-state index in [1.807, 2.05) is 72.3 Å².